The van der Waals surface area contributed by atoms with E-state index in [4.69, 9.17) is 16.7 Å². The van der Waals surface area contributed by atoms with Crippen molar-refractivity contribution in [3.05, 3.63) is 11.5 Å². The highest BCUT2D eigenvalue weighted by atomic mass is 32.2. The minimum absolute atomic E-state index is 0.186. The van der Waals surface area contributed by atoms with Crippen LogP contribution in [0.2, 0.25) is 0 Å². The highest BCUT2D eigenvalue weighted by molar-refractivity contribution is 7.89. The summed E-state index contributed by atoms with van der Waals surface area (Å²) in [6.07, 6.45) is 0. The van der Waals surface area contributed by atoms with Crippen molar-refractivity contribution in [2.24, 2.45) is 0 Å². The van der Waals surface area contributed by atoms with Crippen LogP contribution in [0.4, 0.5) is 0 Å². The van der Waals surface area contributed by atoms with Crippen LogP contribution in [0.25, 0.3) is 0 Å². The Hall–Kier alpha value is -1.23. The van der Waals surface area contributed by atoms with E-state index in [9.17, 15) is 8.42 Å². The van der Waals surface area contributed by atoms with Gasteiger partial charge in [-0.3, -0.25) is 0 Å². The molecule has 24 heavy (non-hydrogen) atoms. The first-order valence-electron chi connectivity index (χ1n) is 7.98. The Morgan fingerprint density at radius 2 is 1.92 bits per heavy atom. The van der Waals surface area contributed by atoms with Crippen LogP contribution in [-0.2, 0) is 10.0 Å². The van der Waals surface area contributed by atoms with Crippen molar-refractivity contribution < 1.29 is 17.8 Å². The zero-order valence-electron chi connectivity index (χ0n) is 14.6. The number of thiocarbonyl (C=S) groups is 1. The van der Waals surface area contributed by atoms with Crippen LogP contribution in [0.1, 0.15) is 11.5 Å². The van der Waals surface area contributed by atoms with Gasteiger partial charge in [0.1, 0.15) is 10.6 Å². The minimum Gasteiger partial charge on any atom is -0.360 e. The molecule has 0 atom stereocenters. The molecule has 0 unspecified atom stereocenters. The summed E-state index contributed by atoms with van der Waals surface area (Å²) in [5, 5.41) is 7.66. The van der Waals surface area contributed by atoms with Gasteiger partial charge in [-0.15, -0.1) is 0 Å². The number of nitrogens with one attached hydrogen (secondary N) is 2. The summed E-state index contributed by atoms with van der Waals surface area (Å²) >= 11 is 5.39. The van der Waals surface area contributed by atoms with Gasteiger partial charge < -0.3 is 19.6 Å². The highest BCUT2D eigenvalue weighted by Gasteiger charge is 2.33. The van der Waals surface area contributed by atoms with Crippen LogP contribution < -0.4 is 10.2 Å². The Morgan fingerprint density at radius 3 is 2.42 bits per heavy atom. The van der Waals surface area contributed by atoms with Gasteiger partial charge in [0, 0.05) is 26.2 Å². The number of nitrogens with zero attached hydrogens (tertiary/aromatic N) is 3. The molecular weight excluding hydrogens is 350 g/mol. The number of sulfonamides is 1. The van der Waals surface area contributed by atoms with Crippen LogP contribution >= 0.6 is 12.2 Å². The fourth-order valence-electron chi connectivity index (χ4n) is 2.63. The van der Waals surface area contributed by atoms with Crippen LogP contribution in [0.3, 0.4) is 0 Å². The summed E-state index contributed by atoms with van der Waals surface area (Å²) in [7, 11) is 0.599. The second-order valence-electron chi connectivity index (χ2n) is 6.23. The molecule has 1 aromatic heterocycles. The molecule has 0 spiro atoms. The molecular formula is C14H26N5O3S2+. The summed E-state index contributed by atoms with van der Waals surface area (Å²) in [5.41, 5.74) is 0.401. The zero-order valence-corrected chi connectivity index (χ0v) is 16.3. The monoisotopic (exact) mass is 376 g/mol. The number of hydrogen-bond acceptors (Lipinski definition) is 5. The number of hydrogen-bond donors (Lipinski definition) is 2. The third-order valence-corrected chi connectivity index (χ3v) is 6.54. The molecule has 0 bridgehead atoms. The van der Waals surface area contributed by atoms with Crippen molar-refractivity contribution in [1.82, 2.24) is 19.7 Å². The van der Waals surface area contributed by atoms with Crippen molar-refractivity contribution in [2.75, 3.05) is 53.4 Å². The van der Waals surface area contributed by atoms with Gasteiger partial charge >= 0.3 is 0 Å². The average Bonchev–Trinajstić information content (AvgIpc) is 2.86. The summed E-state index contributed by atoms with van der Waals surface area (Å²) in [5.74, 6) is 0.332. The van der Waals surface area contributed by atoms with E-state index in [0.29, 0.717) is 42.7 Å². The first-order chi connectivity index (χ1) is 11.2. The lowest BCUT2D eigenvalue weighted by molar-refractivity contribution is -0.856. The second kappa shape index (κ2) is 7.77. The van der Waals surface area contributed by atoms with E-state index in [1.165, 1.54) is 9.21 Å². The predicted molar refractivity (Wildman–Crippen MR) is 94.6 cm³/mol. The van der Waals surface area contributed by atoms with Crippen LogP contribution in [-0.4, -0.2) is 81.3 Å². The Morgan fingerprint density at radius 1 is 1.29 bits per heavy atom. The molecule has 1 aromatic rings. The predicted octanol–water partition coefficient (Wildman–Crippen LogP) is -1.38. The SMILES string of the molecule is Cc1noc(C)c1S(=O)(=O)N1CCN(C(=S)NCC[NH+](C)C)CC1. The van der Waals surface area contributed by atoms with Crippen molar-refractivity contribution >= 4 is 27.4 Å². The molecule has 0 saturated carbocycles. The molecule has 10 heteroatoms. The molecule has 136 valence electrons. The van der Waals surface area contributed by atoms with Crippen molar-refractivity contribution in [3.63, 3.8) is 0 Å². The minimum atomic E-state index is -3.57. The van der Waals surface area contributed by atoms with Gasteiger partial charge in [-0.25, -0.2) is 8.42 Å². The van der Waals surface area contributed by atoms with Gasteiger partial charge in [-0.1, -0.05) is 5.16 Å². The number of aromatic nitrogens is 1. The first kappa shape index (κ1) is 19.1. The molecule has 0 radical (unpaired) electrons. The van der Waals surface area contributed by atoms with Crippen LogP contribution in [0.15, 0.2) is 9.42 Å². The van der Waals surface area contributed by atoms with Gasteiger partial charge in [-0.2, -0.15) is 4.31 Å². The number of rotatable bonds is 5. The molecule has 2 rings (SSSR count). The molecule has 1 fully saturated rings. The molecule has 0 amide bonds. The van der Waals surface area contributed by atoms with E-state index < -0.39 is 10.0 Å². The van der Waals surface area contributed by atoms with E-state index in [0.717, 1.165) is 13.1 Å². The third-order valence-electron chi connectivity index (χ3n) is 3.99. The van der Waals surface area contributed by atoms with Gasteiger partial charge in [0.25, 0.3) is 0 Å². The van der Waals surface area contributed by atoms with Crippen LogP contribution in [0.5, 0.6) is 0 Å². The number of piperazine rings is 1. The lowest BCUT2D eigenvalue weighted by Gasteiger charge is -2.35. The Balaban J connectivity index is 1.94. The van der Waals surface area contributed by atoms with Gasteiger partial charge in [0.15, 0.2) is 10.9 Å². The van der Waals surface area contributed by atoms with E-state index in [1.54, 1.807) is 13.8 Å². The number of likely N-dealkylation sites (N-methyl/N-ethyl adjacent to an activating group) is 1. The summed E-state index contributed by atoms with van der Waals surface area (Å²) in [6, 6.07) is 0. The number of quaternary nitrogens is 1. The Kier molecular flexibility index (Phi) is 6.18. The maximum Gasteiger partial charge on any atom is 0.248 e. The fraction of sp³-hybridized carbons (Fsp3) is 0.714. The molecule has 2 heterocycles. The summed E-state index contributed by atoms with van der Waals surface area (Å²) in [4.78, 5) is 3.55. The Labute approximate surface area is 148 Å². The van der Waals surface area contributed by atoms with Crippen LogP contribution in [0, 0.1) is 13.8 Å². The number of aryl methyl sites for hydroxylation is 2. The lowest BCUT2D eigenvalue weighted by Crippen LogP contribution is -3.06. The van der Waals surface area contributed by atoms with Crippen molar-refractivity contribution in [1.29, 1.82) is 0 Å². The van der Waals surface area contributed by atoms with Crippen molar-refractivity contribution in [2.45, 2.75) is 18.7 Å². The fourth-order valence-corrected chi connectivity index (χ4v) is 4.63. The van der Waals surface area contributed by atoms with Gasteiger partial charge in [0.05, 0.1) is 27.2 Å². The molecule has 1 aliphatic rings. The smallest absolute Gasteiger partial charge is 0.248 e. The van der Waals surface area contributed by atoms with Gasteiger partial charge in [0.2, 0.25) is 10.0 Å². The van der Waals surface area contributed by atoms with E-state index in [2.05, 4.69) is 24.6 Å². The molecule has 0 aromatic carbocycles. The second-order valence-corrected chi connectivity index (χ2v) is 8.49. The summed E-state index contributed by atoms with van der Waals surface area (Å²) < 4.78 is 32.0. The van der Waals surface area contributed by atoms with Gasteiger partial charge in [-0.05, 0) is 26.1 Å². The topological polar surface area (TPSA) is 83.1 Å². The standard InChI is InChI=1S/C14H25N5O3S2/c1-11-13(12(2)22-16-11)24(20,21)19-9-7-18(8-10-19)14(23)15-5-6-17(3)4/h5-10H2,1-4H3,(H,15,23)/p+1. The highest BCUT2D eigenvalue weighted by Crippen LogP contribution is 2.24. The third kappa shape index (κ3) is 4.24. The molecule has 8 nitrogen and oxygen atoms in total. The molecule has 1 aliphatic heterocycles. The average molecular weight is 377 g/mol. The Bertz CT molecular complexity index is 659. The summed E-state index contributed by atoms with van der Waals surface area (Å²) in [6.45, 7) is 6.98. The zero-order chi connectivity index (χ0) is 17.9. The van der Waals surface area contributed by atoms with Crippen molar-refractivity contribution in [3.8, 4) is 0 Å². The maximum atomic E-state index is 12.8. The van der Waals surface area contributed by atoms with E-state index in [1.807, 2.05) is 4.90 Å². The molecule has 0 aliphatic carbocycles. The van der Waals surface area contributed by atoms with E-state index >= 15 is 0 Å². The molecule has 1 saturated heterocycles. The lowest BCUT2D eigenvalue weighted by atomic mass is 10.4. The largest absolute Gasteiger partial charge is 0.360 e. The molecule has 2 N–H and O–H groups in total. The first-order valence-corrected chi connectivity index (χ1v) is 9.83. The maximum absolute atomic E-state index is 12.8. The normalized spacial score (nSPS) is 16.6. The quantitative estimate of drug-likeness (QED) is 0.613. The van der Waals surface area contributed by atoms with E-state index in [-0.39, 0.29) is 4.90 Å².